The molecule has 170 valence electrons. The highest BCUT2D eigenvalue weighted by Crippen LogP contribution is 2.41. The number of halogens is 1. The van der Waals surface area contributed by atoms with Crippen LogP contribution in [0.15, 0.2) is 95.5 Å². The number of para-hydroxylation sites is 1. The van der Waals surface area contributed by atoms with Crippen molar-refractivity contribution in [3.05, 3.63) is 112 Å². The first-order valence-corrected chi connectivity index (χ1v) is 11.7. The van der Waals surface area contributed by atoms with Gasteiger partial charge in [0.15, 0.2) is 0 Å². The summed E-state index contributed by atoms with van der Waals surface area (Å²) in [4.78, 5) is 27.8. The number of nitrogens with one attached hydrogen (secondary N) is 1. The van der Waals surface area contributed by atoms with Crippen LogP contribution < -0.4 is 10.2 Å². The van der Waals surface area contributed by atoms with Crippen molar-refractivity contribution in [2.24, 2.45) is 0 Å². The Hall–Kier alpha value is -3.89. The number of hydrogen-bond donors (Lipinski definition) is 1. The van der Waals surface area contributed by atoms with Crippen molar-refractivity contribution in [3.8, 4) is 6.07 Å². The molecule has 1 aliphatic rings. The Bertz CT molecular complexity index is 1240. The van der Waals surface area contributed by atoms with E-state index in [1.165, 1.54) is 28.8 Å². The van der Waals surface area contributed by atoms with E-state index in [-0.39, 0.29) is 17.3 Å². The van der Waals surface area contributed by atoms with E-state index in [0.29, 0.717) is 30.1 Å². The van der Waals surface area contributed by atoms with Crippen molar-refractivity contribution < 1.29 is 14.0 Å². The van der Waals surface area contributed by atoms with Crippen LogP contribution in [0.2, 0.25) is 0 Å². The summed E-state index contributed by atoms with van der Waals surface area (Å²) in [5.74, 6) is -1.09. The molecule has 1 heterocycles. The van der Waals surface area contributed by atoms with Crippen LogP contribution in [0, 0.1) is 17.1 Å². The first-order chi connectivity index (χ1) is 16.6. The molecule has 0 spiro atoms. The number of nitrogens with zero attached hydrogens (tertiary/aromatic N) is 2. The zero-order valence-electron chi connectivity index (χ0n) is 18.3. The van der Waals surface area contributed by atoms with E-state index in [0.717, 1.165) is 11.1 Å². The fraction of sp³-hybridized carbons (Fsp3) is 0.148. The summed E-state index contributed by atoms with van der Waals surface area (Å²) in [5.41, 5.74) is 2.36. The standard InChI is InChI=1S/C27H22FN3O2S/c28-21-13-11-20(12-14-21)17-24-26(33)31(22-9-5-2-6-10-22)27(34-24)23(18-29)25(32)30-16-15-19-7-3-1-4-8-19/h1-14,24H,15-17H2,(H,30,32)/b27-23-/t24-/m1/s1. The highest BCUT2D eigenvalue weighted by atomic mass is 32.2. The third-order valence-electron chi connectivity index (χ3n) is 5.40. The number of rotatable bonds is 7. The Morgan fingerprint density at radius 2 is 1.62 bits per heavy atom. The lowest BCUT2D eigenvalue weighted by Gasteiger charge is -2.18. The zero-order chi connectivity index (χ0) is 23.9. The summed E-state index contributed by atoms with van der Waals surface area (Å²) < 4.78 is 13.3. The second-order valence-electron chi connectivity index (χ2n) is 7.73. The molecule has 1 fully saturated rings. The Morgan fingerprint density at radius 1 is 0.971 bits per heavy atom. The molecule has 7 heteroatoms. The van der Waals surface area contributed by atoms with Crippen LogP contribution in [0.3, 0.4) is 0 Å². The van der Waals surface area contributed by atoms with Gasteiger partial charge >= 0.3 is 0 Å². The molecule has 5 nitrogen and oxygen atoms in total. The molecular weight excluding hydrogens is 449 g/mol. The molecular formula is C27H22FN3O2S. The van der Waals surface area contributed by atoms with Crippen LogP contribution in [0.25, 0.3) is 0 Å². The van der Waals surface area contributed by atoms with E-state index in [1.807, 2.05) is 42.5 Å². The SMILES string of the molecule is N#C/C(C(=O)NCCc1ccccc1)=C1/S[C@H](Cc2ccc(F)cc2)C(=O)N1c1ccccc1. The van der Waals surface area contributed by atoms with Crippen LogP contribution in [0.5, 0.6) is 0 Å². The number of thioether (sulfide) groups is 1. The molecule has 0 bridgehead atoms. The van der Waals surface area contributed by atoms with Gasteiger partial charge in [-0.15, -0.1) is 0 Å². The third kappa shape index (κ3) is 5.36. The third-order valence-corrected chi connectivity index (χ3v) is 6.66. The highest BCUT2D eigenvalue weighted by Gasteiger charge is 2.40. The average Bonchev–Trinajstić information content (AvgIpc) is 3.17. The molecule has 0 saturated carbocycles. The van der Waals surface area contributed by atoms with E-state index in [1.54, 1.807) is 36.4 Å². The van der Waals surface area contributed by atoms with Gasteiger partial charge in [0.2, 0.25) is 5.91 Å². The first kappa shape index (κ1) is 23.3. The highest BCUT2D eigenvalue weighted by molar-refractivity contribution is 8.05. The van der Waals surface area contributed by atoms with Crippen molar-refractivity contribution in [1.29, 1.82) is 5.26 Å². The lowest BCUT2D eigenvalue weighted by atomic mass is 10.1. The van der Waals surface area contributed by atoms with Gasteiger partial charge in [-0.2, -0.15) is 5.26 Å². The van der Waals surface area contributed by atoms with E-state index in [2.05, 4.69) is 5.32 Å². The van der Waals surface area contributed by atoms with E-state index in [9.17, 15) is 19.2 Å². The summed E-state index contributed by atoms with van der Waals surface area (Å²) >= 11 is 1.19. The number of carbonyl (C=O) groups is 2. The van der Waals surface area contributed by atoms with Gasteiger partial charge in [-0.1, -0.05) is 72.4 Å². The molecule has 34 heavy (non-hydrogen) atoms. The molecule has 1 N–H and O–H groups in total. The summed E-state index contributed by atoms with van der Waals surface area (Å²) in [7, 11) is 0. The van der Waals surface area contributed by atoms with Crippen molar-refractivity contribution in [3.63, 3.8) is 0 Å². The number of anilines is 1. The Balaban J connectivity index is 1.59. The lowest BCUT2D eigenvalue weighted by Crippen LogP contribution is -2.32. The molecule has 0 unspecified atom stereocenters. The molecule has 0 aliphatic carbocycles. The smallest absolute Gasteiger partial charge is 0.264 e. The van der Waals surface area contributed by atoms with E-state index in [4.69, 9.17) is 0 Å². The first-order valence-electron chi connectivity index (χ1n) is 10.8. The average molecular weight is 472 g/mol. The predicted molar refractivity (Wildman–Crippen MR) is 131 cm³/mol. The van der Waals surface area contributed by atoms with Gasteiger partial charge in [-0.05, 0) is 48.2 Å². The van der Waals surface area contributed by atoms with Crippen LogP contribution in [0.1, 0.15) is 11.1 Å². The molecule has 1 saturated heterocycles. The van der Waals surface area contributed by atoms with Crippen LogP contribution in [0.4, 0.5) is 10.1 Å². The van der Waals surface area contributed by atoms with Crippen molar-refractivity contribution in [2.75, 3.05) is 11.4 Å². The Kier molecular flexibility index (Phi) is 7.41. The second-order valence-corrected chi connectivity index (χ2v) is 8.92. The largest absolute Gasteiger partial charge is 0.351 e. The molecule has 3 aromatic rings. The molecule has 0 aromatic heterocycles. The summed E-state index contributed by atoms with van der Waals surface area (Å²) in [6.07, 6.45) is 0.979. The van der Waals surface area contributed by atoms with Gasteiger partial charge in [0.1, 0.15) is 22.5 Å². The number of nitriles is 1. The molecule has 2 amide bonds. The zero-order valence-corrected chi connectivity index (χ0v) is 19.1. The monoisotopic (exact) mass is 471 g/mol. The molecule has 0 radical (unpaired) electrons. The topological polar surface area (TPSA) is 73.2 Å². The predicted octanol–water partition coefficient (Wildman–Crippen LogP) is 4.61. The van der Waals surface area contributed by atoms with Gasteiger partial charge in [0, 0.05) is 12.2 Å². The lowest BCUT2D eigenvalue weighted by molar-refractivity contribution is -0.117. The van der Waals surface area contributed by atoms with Crippen LogP contribution in [-0.4, -0.2) is 23.6 Å². The molecule has 3 aromatic carbocycles. The summed E-state index contributed by atoms with van der Waals surface area (Å²) in [6.45, 7) is 0.365. The Labute approximate surface area is 201 Å². The fourth-order valence-electron chi connectivity index (χ4n) is 3.69. The molecule has 4 rings (SSSR count). The molecule has 1 atom stereocenters. The number of amides is 2. The number of hydrogen-bond acceptors (Lipinski definition) is 4. The minimum absolute atomic E-state index is 0.100. The Morgan fingerprint density at radius 3 is 2.26 bits per heavy atom. The van der Waals surface area contributed by atoms with Gasteiger partial charge in [0.25, 0.3) is 5.91 Å². The maximum Gasteiger partial charge on any atom is 0.264 e. The van der Waals surface area contributed by atoms with Gasteiger partial charge in [0.05, 0.1) is 5.25 Å². The maximum absolute atomic E-state index is 13.4. The molecule has 1 aliphatic heterocycles. The quantitative estimate of drug-likeness (QED) is 0.403. The summed E-state index contributed by atoms with van der Waals surface area (Å²) in [5, 5.41) is 12.4. The number of carbonyl (C=O) groups excluding carboxylic acids is 2. The normalized spacial score (nSPS) is 16.8. The number of benzene rings is 3. The van der Waals surface area contributed by atoms with Gasteiger partial charge in [-0.25, -0.2) is 4.39 Å². The maximum atomic E-state index is 13.4. The van der Waals surface area contributed by atoms with Crippen LogP contribution >= 0.6 is 11.8 Å². The second kappa shape index (κ2) is 10.8. The minimum atomic E-state index is -0.541. The van der Waals surface area contributed by atoms with Crippen molar-refractivity contribution in [1.82, 2.24) is 5.32 Å². The van der Waals surface area contributed by atoms with Crippen molar-refractivity contribution in [2.45, 2.75) is 18.1 Å². The van der Waals surface area contributed by atoms with E-state index >= 15 is 0 Å². The van der Waals surface area contributed by atoms with Gasteiger partial charge < -0.3 is 5.32 Å². The van der Waals surface area contributed by atoms with Gasteiger partial charge in [-0.3, -0.25) is 14.5 Å². The fourth-order valence-corrected chi connectivity index (χ4v) is 5.00. The van der Waals surface area contributed by atoms with Crippen molar-refractivity contribution >= 4 is 29.3 Å². The summed E-state index contributed by atoms with van der Waals surface area (Å²) in [6, 6.07) is 26.7. The van der Waals surface area contributed by atoms with E-state index < -0.39 is 11.2 Å². The van der Waals surface area contributed by atoms with Crippen LogP contribution in [-0.2, 0) is 22.4 Å². The minimum Gasteiger partial charge on any atom is -0.351 e.